The molecule has 3 N–H and O–H groups in total. The second kappa shape index (κ2) is 10.4. The maximum Gasteiger partial charge on any atom is 0.319 e. The van der Waals surface area contributed by atoms with Crippen molar-refractivity contribution in [1.82, 2.24) is 15.6 Å². The number of urea groups is 1. The molecule has 2 heterocycles. The van der Waals surface area contributed by atoms with Gasteiger partial charge in [-0.05, 0) is 68.9 Å². The third-order valence-electron chi connectivity index (χ3n) is 6.21. The molecule has 1 aromatic heterocycles. The van der Waals surface area contributed by atoms with E-state index in [9.17, 15) is 14.0 Å². The predicted molar refractivity (Wildman–Crippen MR) is 136 cm³/mol. The minimum Gasteiger partial charge on any atom is -0.338 e. The van der Waals surface area contributed by atoms with Crippen LogP contribution < -0.4 is 16.0 Å². The maximum absolute atomic E-state index is 13.6. The fourth-order valence-electron chi connectivity index (χ4n) is 3.98. The number of carbonyl (C=O) groups is 2. The second-order valence-corrected chi connectivity index (χ2v) is 9.85. The SMILES string of the molecule is CC1=NC=C(NC(=O)NCCC(C)(C)F)CC1c1cccc(-c2ccnc(NC(=O)C3CC3)c2)c1. The van der Waals surface area contributed by atoms with E-state index in [2.05, 4.69) is 38.1 Å². The number of aliphatic imine (C=N–C) groups is 1. The van der Waals surface area contributed by atoms with Gasteiger partial charge in [-0.1, -0.05) is 24.3 Å². The molecule has 0 saturated heterocycles. The Labute approximate surface area is 205 Å². The van der Waals surface area contributed by atoms with E-state index in [0.717, 1.165) is 35.2 Å². The van der Waals surface area contributed by atoms with Crippen LogP contribution in [-0.4, -0.2) is 34.8 Å². The summed E-state index contributed by atoms with van der Waals surface area (Å²) in [6.45, 7) is 5.21. The van der Waals surface area contributed by atoms with Crippen LogP contribution in [0.25, 0.3) is 11.1 Å². The van der Waals surface area contributed by atoms with Crippen LogP contribution in [-0.2, 0) is 4.79 Å². The molecule has 1 fully saturated rings. The van der Waals surface area contributed by atoms with Crippen molar-refractivity contribution >= 4 is 23.5 Å². The van der Waals surface area contributed by atoms with Gasteiger partial charge in [0.25, 0.3) is 0 Å². The lowest BCUT2D eigenvalue weighted by Crippen LogP contribution is -2.38. The van der Waals surface area contributed by atoms with Crippen molar-refractivity contribution in [1.29, 1.82) is 0 Å². The third kappa shape index (κ3) is 6.97. The predicted octanol–water partition coefficient (Wildman–Crippen LogP) is 5.32. The van der Waals surface area contributed by atoms with Gasteiger partial charge in [-0.25, -0.2) is 14.2 Å². The summed E-state index contributed by atoms with van der Waals surface area (Å²) in [7, 11) is 0. The zero-order chi connectivity index (χ0) is 25.0. The van der Waals surface area contributed by atoms with Crippen molar-refractivity contribution in [2.45, 2.75) is 58.0 Å². The lowest BCUT2D eigenvalue weighted by atomic mass is 9.87. The Morgan fingerprint density at radius 1 is 1.11 bits per heavy atom. The Balaban J connectivity index is 1.42. The number of pyridine rings is 1. The first-order valence-electron chi connectivity index (χ1n) is 12.0. The van der Waals surface area contributed by atoms with Crippen LogP contribution in [0.5, 0.6) is 0 Å². The minimum absolute atomic E-state index is 0.0101. The van der Waals surface area contributed by atoms with Crippen LogP contribution in [0, 0.1) is 5.92 Å². The smallest absolute Gasteiger partial charge is 0.319 e. The molecule has 0 spiro atoms. The number of benzene rings is 1. The van der Waals surface area contributed by atoms with Crippen molar-refractivity contribution in [3.63, 3.8) is 0 Å². The average molecular weight is 478 g/mol. The highest BCUT2D eigenvalue weighted by molar-refractivity contribution is 5.94. The molecular weight excluding hydrogens is 445 g/mol. The molecule has 7 nitrogen and oxygen atoms in total. The summed E-state index contributed by atoms with van der Waals surface area (Å²) in [5, 5.41) is 8.44. The number of rotatable bonds is 8. The van der Waals surface area contributed by atoms with E-state index in [4.69, 9.17) is 0 Å². The first kappa shape index (κ1) is 24.6. The van der Waals surface area contributed by atoms with Gasteiger partial charge in [0.2, 0.25) is 5.91 Å². The molecule has 1 aliphatic heterocycles. The largest absolute Gasteiger partial charge is 0.338 e. The Kier molecular flexibility index (Phi) is 7.28. The number of hydrogen-bond acceptors (Lipinski definition) is 4. The molecule has 3 amide bonds. The number of nitrogens with one attached hydrogen (secondary N) is 3. The van der Waals surface area contributed by atoms with Crippen molar-refractivity contribution in [2.75, 3.05) is 11.9 Å². The van der Waals surface area contributed by atoms with Crippen LogP contribution in [0.1, 0.15) is 57.9 Å². The zero-order valence-electron chi connectivity index (χ0n) is 20.4. The average Bonchev–Trinajstić information content (AvgIpc) is 3.65. The van der Waals surface area contributed by atoms with Crippen LogP contribution in [0.2, 0.25) is 0 Å². The molecule has 2 aliphatic rings. The van der Waals surface area contributed by atoms with Gasteiger partial charge >= 0.3 is 6.03 Å². The summed E-state index contributed by atoms with van der Waals surface area (Å²) < 4.78 is 13.6. The molecule has 0 radical (unpaired) electrons. The zero-order valence-corrected chi connectivity index (χ0v) is 20.4. The Morgan fingerprint density at radius 2 is 1.89 bits per heavy atom. The highest BCUT2D eigenvalue weighted by atomic mass is 19.1. The van der Waals surface area contributed by atoms with Crippen molar-refractivity contribution < 1.29 is 14.0 Å². The Hall–Kier alpha value is -3.55. The topological polar surface area (TPSA) is 95.5 Å². The molecule has 1 aromatic carbocycles. The van der Waals surface area contributed by atoms with Gasteiger partial charge in [-0.3, -0.25) is 9.79 Å². The van der Waals surface area contributed by atoms with E-state index in [0.29, 0.717) is 17.9 Å². The molecule has 0 bridgehead atoms. The number of alkyl halides is 1. The summed E-state index contributed by atoms with van der Waals surface area (Å²) in [4.78, 5) is 33.1. The molecule has 1 aliphatic carbocycles. The van der Waals surface area contributed by atoms with E-state index in [1.54, 1.807) is 12.4 Å². The van der Waals surface area contributed by atoms with E-state index in [1.807, 2.05) is 31.2 Å². The van der Waals surface area contributed by atoms with E-state index >= 15 is 0 Å². The van der Waals surface area contributed by atoms with Gasteiger partial charge in [0.05, 0.1) is 0 Å². The Morgan fingerprint density at radius 3 is 2.63 bits per heavy atom. The molecular formula is C27H32FN5O2. The van der Waals surface area contributed by atoms with E-state index < -0.39 is 5.67 Å². The van der Waals surface area contributed by atoms with Crippen LogP contribution in [0.15, 0.2) is 59.5 Å². The van der Waals surface area contributed by atoms with Crippen molar-refractivity contribution in [3.8, 4) is 11.1 Å². The van der Waals surface area contributed by atoms with Gasteiger partial charge in [-0.15, -0.1) is 0 Å². The van der Waals surface area contributed by atoms with Crippen molar-refractivity contribution in [2.24, 2.45) is 10.9 Å². The first-order chi connectivity index (χ1) is 16.7. The normalized spacial score (nSPS) is 17.8. The lowest BCUT2D eigenvalue weighted by Gasteiger charge is -2.23. The molecule has 2 aromatic rings. The molecule has 35 heavy (non-hydrogen) atoms. The number of hydrogen-bond donors (Lipinski definition) is 3. The van der Waals surface area contributed by atoms with Crippen LogP contribution >= 0.6 is 0 Å². The van der Waals surface area contributed by atoms with Gasteiger partial charge in [0.1, 0.15) is 11.5 Å². The van der Waals surface area contributed by atoms with Gasteiger partial charge in [-0.2, -0.15) is 0 Å². The van der Waals surface area contributed by atoms with Gasteiger partial charge < -0.3 is 16.0 Å². The number of anilines is 1. The molecule has 4 rings (SSSR count). The number of amides is 3. The molecule has 184 valence electrons. The minimum atomic E-state index is -1.33. The molecule has 1 unspecified atom stereocenters. The van der Waals surface area contributed by atoms with E-state index in [1.165, 1.54) is 13.8 Å². The number of aromatic nitrogens is 1. The van der Waals surface area contributed by atoms with Gasteiger partial charge in [0.15, 0.2) is 0 Å². The molecule has 1 atom stereocenters. The van der Waals surface area contributed by atoms with Crippen molar-refractivity contribution in [3.05, 3.63) is 60.1 Å². The summed E-state index contributed by atoms with van der Waals surface area (Å²) in [6, 6.07) is 11.6. The molecule has 8 heteroatoms. The van der Waals surface area contributed by atoms with Crippen LogP contribution in [0.4, 0.5) is 15.0 Å². The fraction of sp³-hybridized carbons (Fsp3) is 0.407. The Bertz CT molecular complexity index is 1160. The maximum atomic E-state index is 13.6. The summed E-state index contributed by atoms with van der Waals surface area (Å²) in [5.74, 6) is 0.709. The summed E-state index contributed by atoms with van der Waals surface area (Å²) >= 11 is 0. The van der Waals surface area contributed by atoms with E-state index in [-0.39, 0.29) is 36.7 Å². The standard InChI is InChI=1S/C27H32FN5O2/c1-17-23(15-22(16-31-17)32-26(35)30-12-10-27(2,3)28)21-6-4-5-19(13-21)20-9-11-29-24(14-20)33-25(34)18-7-8-18/h4-6,9,11,13-14,16,18,23H,7-8,10,12,15H2,1-3H3,(H,29,33,34)(H2,30,32,35). The fourth-order valence-corrected chi connectivity index (χ4v) is 3.98. The highest BCUT2D eigenvalue weighted by Crippen LogP contribution is 2.32. The number of halogens is 1. The lowest BCUT2D eigenvalue weighted by molar-refractivity contribution is -0.117. The first-order valence-corrected chi connectivity index (χ1v) is 12.0. The monoisotopic (exact) mass is 477 g/mol. The molecule has 1 saturated carbocycles. The second-order valence-electron chi connectivity index (χ2n) is 9.85. The summed E-state index contributed by atoms with van der Waals surface area (Å²) in [5.41, 5.74) is 3.39. The summed E-state index contributed by atoms with van der Waals surface area (Å²) in [6.07, 6.45) is 6.10. The van der Waals surface area contributed by atoms with Crippen LogP contribution in [0.3, 0.4) is 0 Å². The third-order valence-corrected chi connectivity index (χ3v) is 6.21. The van der Waals surface area contributed by atoms with Gasteiger partial charge in [0, 0.05) is 48.6 Å². The highest BCUT2D eigenvalue weighted by Gasteiger charge is 2.29. The number of carbonyl (C=O) groups excluding carboxylic acids is 2. The number of allylic oxidation sites excluding steroid dienone is 1. The number of nitrogens with zero attached hydrogens (tertiary/aromatic N) is 2. The quantitative estimate of drug-likeness (QED) is 0.480.